The first-order chi connectivity index (χ1) is 16.0. The fourth-order valence-electron chi connectivity index (χ4n) is 4.13. The van der Waals surface area contributed by atoms with Gasteiger partial charge in [0.05, 0.1) is 18.4 Å². The van der Waals surface area contributed by atoms with E-state index in [2.05, 4.69) is 40.5 Å². The first-order valence-electron chi connectivity index (χ1n) is 11.8. The molecule has 1 saturated carbocycles. The SMILES string of the molecule is CCc1nc2ccc(C(=O)NCc3ccccc3OC)cn2c1N(CCN(C)C)CC1CC1. The highest BCUT2D eigenvalue weighted by Crippen LogP contribution is 2.33. The number of nitrogens with one attached hydrogen (secondary N) is 1. The van der Waals surface area contributed by atoms with Crippen molar-refractivity contribution in [3.8, 4) is 5.75 Å². The molecule has 0 unspecified atom stereocenters. The molecule has 2 aromatic heterocycles. The van der Waals surface area contributed by atoms with Gasteiger partial charge >= 0.3 is 0 Å². The smallest absolute Gasteiger partial charge is 0.253 e. The zero-order valence-electron chi connectivity index (χ0n) is 20.2. The lowest BCUT2D eigenvalue weighted by molar-refractivity contribution is 0.0950. The highest BCUT2D eigenvalue weighted by atomic mass is 16.5. The number of carbonyl (C=O) groups is 1. The number of ether oxygens (including phenoxy) is 1. The largest absolute Gasteiger partial charge is 0.496 e. The van der Waals surface area contributed by atoms with Crippen molar-refractivity contribution in [1.29, 1.82) is 0 Å². The minimum absolute atomic E-state index is 0.109. The van der Waals surface area contributed by atoms with E-state index in [9.17, 15) is 4.79 Å². The summed E-state index contributed by atoms with van der Waals surface area (Å²) in [5, 5.41) is 3.03. The molecule has 1 aliphatic rings. The molecular weight excluding hydrogens is 414 g/mol. The van der Waals surface area contributed by atoms with Gasteiger partial charge in [-0.1, -0.05) is 25.1 Å². The number of nitrogens with zero attached hydrogens (tertiary/aromatic N) is 4. The molecule has 7 heteroatoms. The van der Waals surface area contributed by atoms with Gasteiger partial charge in [-0.15, -0.1) is 0 Å². The normalized spacial score (nSPS) is 13.5. The number of hydrogen-bond donors (Lipinski definition) is 1. The Morgan fingerprint density at radius 2 is 1.97 bits per heavy atom. The van der Waals surface area contributed by atoms with Crippen LogP contribution in [0.15, 0.2) is 42.6 Å². The molecule has 1 aromatic carbocycles. The summed E-state index contributed by atoms with van der Waals surface area (Å²) in [4.78, 5) is 22.6. The van der Waals surface area contributed by atoms with Crippen LogP contribution in [0, 0.1) is 5.92 Å². The van der Waals surface area contributed by atoms with Gasteiger partial charge in [-0.25, -0.2) is 4.98 Å². The number of methoxy groups -OCH3 is 1. The second-order valence-corrected chi connectivity index (χ2v) is 9.07. The molecule has 1 fully saturated rings. The summed E-state index contributed by atoms with van der Waals surface area (Å²) in [6.45, 7) is 5.51. The van der Waals surface area contributed by atoms with Gasteiger partial charge in [-0.05, 0) is 57.5 Å². The number of pyridine rings is 1. The van der Waals surface area contributed by atoms with Crippen molar-refractivity contribution < 1.29 is 9.53 Å². The van der Waals surface area contributed by atoms with Gasteiger partial charge in [0.25, 0.3) is 5.91 Å². The Hall–Kier alpha value is -3.06. The second kappa shape index (κ2) is 10.3. The van der Waals surface area contributed by atoms with Crippen molar-refractivity contribution in [3.63, 3.8) is 0 Å². The minimum Gasteiger partial charge on any atom is -0.496 e. The molecule has 4 rings (SSSR count). The molecule has 0 saturated heterocycles. The highest BCUT2D eigenvalue weighted by Gasteiger charge is 2.27. The first kappa shape index (κ1) is 23.1. The third-order valence-electron chi connectivity index (χ3n) is 6.18. The van der Waals surface area contributed by atoms with E-state index in [1.54, 1.807) is 7.11 Å². The first-order valence-corrected chi connectivity index (χ1v) is 11.8. The van der Waals surface area contributed by atoms with Gasteiger partial charge in [-0.2, -0.15) is 0 Å². The van der Waals surface area contributed by atoms with Crippen molar-refractivity contribution in [2.24, 2.45) is 5.92 Å². The number of likely N-dealkylation sites (N-methyl/N-ethyl adjacent to an activating group) is 1. The van der Waals surface area contributed by atoms with Crippen LogP contribution < -0.4 is 15.0 Å². The quantitative estimate of drug-likeness (QED) is 0.485. The molecule has 0 aliphatic heterocycles. The number of hydrogen-bond acceptors (Lipinski definition) is 5. The van der Waals surface area contributed by atoms with Crippen molar-refractivity contribution in [3.05, 3.63) is 59.4 Å². The predicted octanol–water partition coefficient (Wildman–Crippen LogP) is 3.61. The third-order valence-corrected chi connectivity index (χ3v) is 6.18. The predicted molar refractivity (Wildman–Crippen MR) is 132 cm³/mol. The fraction of sp³-hybridized carbons (Fsp3) is 0.462. The van der Waals surface area contributed by atoms with Gasteiger partial charge in [0, 0.05) is 37.9 Å². The number of aryl methyl sites for hydroxylation is 1. The van der Waals surface area contributed by atoms with E-state index in [4.69, 9.17) is 9.72 Å². The van der Waals surface area contributed by atoms with Crippen molar-refractivity contribution >= 4 is 17.4 Å². The topological polar surface area (TPSA) is 62.1 Å². The fourth-order valence-corrected chi connectivity index (χ4v) is 4.13. The van der Waals surface area contributed by atoms with E-state index in [0.717, 1.165) is 60.4 Å². The van der Waals surface area contributed by atoms with Crippen LogP contribution in [0.5, 0.6) is 5.75 Å². The number of amides is 1. The summed E-state index contributed by atoms with van der Waals surface area (Å²) in [5.74, 6) is 2.55. The summed E-state index contributed by atoms with van der Waals surface area (Å²) in [7, 11) is 5.85. The lowest BCUT2D eigenvalue weighted by atomic mass is 10.2. The zero-order valence-corrected chi connectivity index (χ0v) is 20.2. The molecule has 3 aromatic rings. The maximum atomic E-state index is 13.0. The Morgan fingerprint density at radius 1 is 1.18 bits per heavy atom. The van der Waals surface area contributed by atoms with Crippen LogP contribution in [0.25, 0.3) is 5.65 Å². The van der Waals surface area contributed by atoms with Gasteiger partial charge in [0.1, 0.15) is 17.2 Å². The molecule has 0 atom stereocenters. The van der Waals surface area contributed by atoms with E-state index in [-0.39, 0.29) is 5.91 Å². The number of imidazole rings is 1. The summed E-state index contributed by atoms with van der Waals surface area (Å²) in [6.07, 6.45) is 5.39. The Morgan fingerprint density at radius 3 is 2.67 bits per heavy atom. The number of rotatable bonds is 11. The monoisotopic (exact) mass is 449 g/mol. The number of para-hydroxylation sites is 1. The molecule has 176 valence electrons. The molecule has 2 heterocycles. The molecule has 1 N–H and O–H groups in total. The number of aromatic nitrogens is 2. The van der Waals surface area contributed by atoms with Crippen LogP contribution in [-0.2, 0) is 13.0 Å². The molecular formula is C26H35N5O2. The summed E-state index contributed by atoms with van der Waals surface area (Å²) in [5.41, 5.74) is 3.54. The van der Waals surface area contributed by atoms with E-state index < -0.39 is 0 Å². The minimum atomic E-state index is -0.109. The average molecular weight is 450 g/mol. The van der Waals surface area contributed by atoms with E-state index >= 15 is 0 Å². The van der Waals surface area contributed by atoms with E-state index in [0.29, 0.717) is 12.1 Å². The summed E-state index contributed by atoms with van der Waals surface area (Å²) in [6, 6.07) is 11.5. The van der Waals surface area contributed by atoms with Gasteiger partial charge in [0.2, 0.25) is 0 Å². The Labute approximate surface area is 196 Å². The molecule has 7 nitrogen and oxygen atoms in total. The lowest BCUT2D eigenvalue weighted by Crippen LogP contribution is -2.34. The number of fused-ring (bicyclic) bond motifs is 1. The lowest BCUT2D eigenvalue weighted by Gasteiger charge is -2.27. The number of anilines is 1. The van der Waals surface area contributed by atoms with Crippen molar-refractivity contribution in [1.82, 2.24) is 19.6 Å². The van der Waals surface area contributed by atoms with Crippen molar-refractivity contribution in [2.75, 3.05) is 45.7 Å². The molecule has 1 amide bonds. The average Bonchev–Trinajstić information content (AvgIpc) is 3.57. The van der Waals surface area contributed by atoms with E-state index in [1.165, 1.54) is 12.8 Å². The van der Waals surface area contributed by atoms with Crippen LogP contribution in [0.2, 0.25) is 0 Å². The molecule has 1 aliphatic carbocycles. The summed E-state index contributed by atoms with van der Waals surface area (Å²) >= 11 is 0. The van der Waals surface area contributed by atoms with E-state index in [1.807, 2.05) is 42.6 Å². The molecule has 0 bridgehead atoms. The van der Waals surface area contributed by atoms with Crippen LogP contribution in [0.1, 0.15) is 41.4 Å². The van der Waals surface area contributed by atoms with Crippen LogP contribution in [-0.4, -0.2) is 61.0 Å². The van der Waals surface area contributed by atoms with Gasteiger partial charge < -0.3 is 19.9 Å². The van der Waals surface area contributed by atoms with Crippen molar-refractivity contribution in [2.45, 2.75) is 32.7 Å². The van der Waals surface area contributed by atoms with Gasteiger partial charge in [0.15, 0.2) is 0 Å². The maximum absolute atomic E-state index is 13.0. The Balaban J connectivity index is 1.60. The van der Waals surface area contributed by atoms with Gasteiger partial charge in [-0.3, -0.25) is 9.20 Å². The Kier molecular flexibility index (Phi) is 7.18. The third kappa shape index (κ3) is 5.47. The Bertz CT molecular complexity index is 1100. The second-order valence-electron chi connectivity index (χ2n) is 9.07. The standard InChI is InChI=1S/C26H35N5O2/c1-5-22-26(30(15-14-29(2)3)17-19-10-11-19)31-18-21(12-13-24(31)28-22)25(32)27-16-20-8-6-7-9-23(20)33-4/h6-9,12-13,18-19H,5,10-11,14-17H2,1-4H3,(H,27,32). The zero-order chi connectivity index (χ0) is 23.4. The number of carbonyl (C=O) groups excluding carboxylic acids is 1. The van der Waals surface area contributed by atoms with Crippen LogP contribution >= 0.6 is 0 Å². The van der Waals surface area contributed by atoms with Crippen LogP contribution in [0.3, 0.4) is 0 Å². The maximum Gasteiger partial charge on any atom is 0.253 e. The summed E-state index contributed by atoms with van der Waals surface area (Å²) < 4.78 is 7.51. The van der Waals surface area contributed by atoms with Crippen LogP contribution in [0.4, 0.5) is 5.82 Å². The molecule has 0 spiro atoms. The number of benzene rings is 1. The molecule has 33 heavy (non-hydrogen) atoms. The highest BCUT2D eigenvalue weighted by molar-refractivity contribution is 5.94. The molecule has 0 radical (unpaired) electrons.